The highest BCUT2D eigenvalue weighted by atomic mass is 35.5. The summed E-state index contributed by atoms with van der Waals surface area (Å²) < 4.78 is 11.0. The van der Waals surface area contributed by atoms with Gasteiger partial charge >= 0.3 is 6.09 Å². The van der Waals surface area contributed by atoms with Crippen molar-refractivity contribution in [2.24, 2.45) is 0 Å². The minimum Gasteiger partial charge on any atom is -0.444 e. The molecule has 1 fully saturated rings. The average Bonchev–Trinajstić information content (AvgIpc) is 3.18. The number of halogens is 1. The normalized spacial score (nSPS) is 14.9. The second kappa shape index (κ2) is 10.4. The number of rotatable bonds is 7. The van der Waals surface area contributed by atoms with E-state index in [0.717, 1.165) is 5.69 Å². The lowest BCUT2D eigenvalue weighted by Gasteiger charge is -2.26. The molecule has 1 aromatic heterocycles. The number of thiophene rings is 1. The first-order valence-electron chi connectivity index (χ1n) is 9.45. The van der Waals surface area contributed by atoms with Crippen LogP contribution in [0.1, 0.15) is 23.0 Å². The van der Waals surface area contributed by atoms with Crippen molar-refractivity contribution in [2.75, 3.05) is 36.5 Å². The minimum atomic E-state index is -0.620. The van der Waals surface area contributed by atoms with Crippen LogP contribution in [0, 0.1) is 0 Å². The number of carbonyl (C=O) groups is 3. The van der Waals surface area contributed by atoms with Crippen LogP contribution in [0.4, 0.5) is 16.2 Å². The monoisotopic (exact) mass is 451 g/mol. The van der Waals surface area contributed by atoms with Crippen LogP contribution < -0.4 is 15.5 Å². The molecular weight excluding hydrogens is 430 g/mol. The summed E-state index contributed by atoms with van der Waals surface area (Å²) in [6, 6.07) is 10.2. The zero-order valence-corrected chi connectivity index (χ0v) is 17.9. The lowest BCUT2D eigenvalue weighted by atomic mass is 10.2. The van der Waals surface area contributed by atoms with Crippen LogP contribution >= 0.6 is 22.9 Å². The molecule has 1 aromatic carbocycles. The summed E-state index contributed by atoms with van der Waals surface area (Å²) in [5.74, 6) is -0.360. The van der Waals surface area contributed by atoms with Crippen LogP contribution in [-0.2, 0) is 14.3 Å². The predicted molar refractivity (Wildman–Crippen MR) is 115 cm³/mol. The number of ether oxygens (including phenoxy) is 2. The van der Waals surface area contributed by atoms with Crippen molar-refractivity contribution in [1.82, 2.24) is 5.32 Å². The van der Waals surface area contributed by atoms with Gasteiger partial charge in [0.1, 0.15) is 12.7 Å². The largest absolute Gasteiger partial charge is 0.444 e. The molecule has 1 aliphatic heterocycles. The van der Waals surface area contributed by atoms with Crippen LogP contribution in [0.3, 0.4) is 0 Å². The minimum absolute atomic E-state index is 0.0702. The van der Waals surface area contributed by atoms with Crippen LogP contribution in [-0.4, -0.2) is 50.3 Å². The number of amides is 3. The van der Waals surface area contributed by atoms with Gasteiger partial charge in [0.2, 0.25) is 0 Å². The van der Waals surface area contributed by atoms with Gasteiger partial charge in [-0.1, -0.05) is 18.5 Å². The van der Waals surface area contributed by atoms with Crippen molar-refractivity contribution >= 4 is 52.2 Å². The Labute approximate surface area is 183 Å². The van der Waals surface area contributed by atoms with Crippen molar-refractivity contribution in [3.05, 3.63) is 45.6 Å². The Morgan fingerprint density at radius 3 is 2.67 bits per heavy atom. The SMILES string of the molecule is CC[C@H](CNC(=O)c1ccc(Cl)s1)OC(=O)Nc1ccc(N2CCOCC2=O)cc1. The summed E-state index contributed by atoms with van der Waals surface area (Å²) in [6.45, 7) is 3.11. The molecule has 1 aliphatic rings. The first kappa shape index (κ1) is 22.1. The second-order valence-corrected chi connectivity index (χ2v) is 8.23. The van der Waals surface area contributed by atoms with Gasteiger partial charge in [-0.3, -0.25) is 14.9 Å². The van der Waals surface area contributed by atoms with E-state index in [4.69, 9.17) is 21.1 Å². The first-order chi connectivity index (χ1) is 14.5. The third-order valence-corrected chi connectivity index (χ3v) is 5.66. The van der Waals surface area contributed by atoms with E-state index in [-0.39, 0.29) is 25.0 Å². The molecular formula is C20H22ClN3O5S. The van der Waals surface area contributed by atoms with Gasteiger partial charge in [-0.05, 0) is 42.8 Å². The van der Waals surface area contributed by atoms with Gasteiger partial charge in [0.15, 0.2) is 0 Å². The number of benzene rings is 1. The Morgan fingerprint density at radius 2 is 2.03 bits per heavy atom. The smallest absolute Gasteiger partial charge is 0.411 e. The first-order valence-corrected chi connectivity index (χ1v) is 10.6. The molecule has 0 spiro atoms. The summed E-state index contributed by atoms with van der Waals surface area (Å²) in [5.41, 5.74) is 1.28. The molecule has 0 saturated carbocycles. The van der Waals surface area contributed by atoms with E-state index >= 15 is 0 Å². The maximum atomic E-state index is 12.2. The molecule has 0 unspecified atom stereocenters. The second-order valence-electron chi connectivity index (χ2n) is 6.52. The lowest BCUT2D eigenvalue weighted by molar-refractivity contribution is -0.125. The molecule has 2 aromatic rings. The van der Waals surface area contributed by atoms with Crippen LogP contribution in [0.25, 0.3) is 0 Å². The number of anilines is 2. The van der Waals surface area contributed by atoms with E-state index in [1.165, 1.54) is 11.3 Å². The lowest BCUT2D eigenvalue weighted by Crippen LogP contribution is -2.41. The van der Waals surface area contributed by atoms with E-state index in [9.17, 15) is 14.4 Å². The fourth-order valence-electron chi connectivity index (χ4n) is 2.81. The summed E-state index contributed by atoms with van der Waals surface area (Å²) in [6.07, 6.45) is -0.558. The summed E-state index contributed by atoms with van der Waals surface area (Å²) in [5, 5.41) is 5.39. The Kier molecular flexibility index (Phi) is 7.67. The zero-order chi connectivity index (χ0) is 21.5. The van der Waals surface area contributed by atoms with E-state index in [1.54, 1.807) is 41.3 Å². The van der Waals surface area contributed by atoms with Crippen LogP contribution in [0.15, 0.2) is 36.4 Å². The van der Waals surface area contributed by atoms with E-state index in [2.05, 4.69) is 10.6 Å². The molecule has 0 aliphatic carbocycles. The Bertz CT molecular complexity index is 902. The number of nitrogens with zero attached hydrogens (tertiary/aromatic N) is 1. The van der Waals surface area contributed by atoms with E-state index < -0.39 is 12.2 Å². The summed E-state index contributed by atoms with van der Waals surface area (Å²) >= 11 is 7.02. The van der Waals surface area contributed by atoms with Crippen LogP contribution in [0.5, 0.6) is 0 Å². The molecule has 3 rings (SSSR count). The molecule has 0 radical (unpaired) electrons. The van der Waals surface area contributed by atoms with Gasteiger partial charge in [-0.2, -0.15) is 0 Å². The molecule has 3 amide bonds. The zero-order valence-electron chi connectivity index (χ0n) is 16.4. The summed E-state index contributed by atoms with van der Waals surface area (Å²) in [4.78, 5) is 38.3. The van der Waals surface area contributed by atoms with E-state index in [1.807, 2.05) is 6.92 Å². The Morgan fingerprint density at radius 1 is 1.27 bits per heavy atom. The van der Waals surface area contributed by atoms with Gasteiger partial charge < -0.3 is 19.7 Å². The summed E-state index contributed by atoms with van der Waals surface area (Å²) in [7, 11) is 0. The number of carbonyl (C=O) groups excluding carboxylic acids is 3. The standard InChI is InChI=1S/C20H22ClN3O5S/c1-2-15(11-22-19(26)16-7-8-17(21)30-16)29-20(27)23-13-3-5-14(6-4-13)24-9-10-28-12-18(24)25/h3-8,15H,2,9-12H2,1H3,(H,22,26)(H,23,27)/t15-/m1/s1. The third kappa shape index (κ3) is 5.94. The predicted octanol–water partition coefficient (Wildman–Crippen LogP) is 3.52. The molecule has 0 bridgehead atoms. The van der Waals surface area contributed by atoms with Gasteiger partial charge in [0.25, 0.3) is 11.8 Å². The molecule has 1 saturated heterocycles. The third-order valence-electron chi connectivity index (χ3n) is 4.43. The average molecular weight is 452 g/mol. The number of morpholine rings is 1. The van der Waals surface area contributed by atoms with Gasteiger partial charge in [-0.25, -0.2) is 4.79 Å². The Balaban J connectivity index is 1.48. The van der Waals surface area contributed by atoms with Gasteiger partial charge in [0, 0.05) is 17.9 Å². The van der Waals surface area contributed by atoms with Crippen molar-refractivity contribution in [3.8, 4) is 0 Å². The molecule has 10 heteroatoms. The molecule has 2 heterocycles. The topological polar surface area (TPSA) is 97.0 Å². The highest BCUT2D eigenvalue weighted by Crippen LogP contribution is 2.21. The molecule has 2 N–H and O–H groups in total. The Hall–Kier alpha value is -2.62. The maximum Gasteiger partial charge on any atom is 0.411 e. The molecule has 1 atom stereocenters. The number of hydrogen-bond acceptors (Lipinski definition) is 6. The molecule has 160 valence electrons. The maximum absolute atomic E-state index is 12.2. The van der Waals surface area contributed by atoms with E-state index in [0.29, 0.717) is 34.5 Å². The number of hydrogen-bond donors (Lipinski definition) is 2. The van der Waals surface area contributed by atoms with Crippen molar-refractivity contribution in [2.45, 2.75) is 19.4 Å². The van der Waals surface area contributed by atoms with Crippen molar-refractivity contribution in [1.29, 1.82) is 0 Å². The highest BCUT2D eigenvalue weighted by molar-refractivity contribution is 7.18. The fraction of sp³-hybridized carbons (Fsp3) is 0.350. The van der Waals surface area contributed by atoms with Gasteiger partial charge in [0.05, 0.1) is 22.4 Å². The van der Waals surface area contributed by atoms with Crippen molar-refractivity contribution < 1.29 is 23.9 Å². The fourth-order valence-corrected chi connectivity index (χ4v) is 3.77. The highest BCUT2D eigenvalue weighted by Gasteiger charge is 2.20. The van der Waals surface area contributed by atoms with Gasteiger partial charge in [-0.15, -0.1) is 11.3 Å². The molecule has 8 nitrogen and oxygen atoms in total. The van der Waals surface area contributed by atoms with Crippen LogP contribution in [0.2, 0.25) is 4.34 Å². The quantitative estimate of drug-likeness (QED) is 0.671. The van der Waals surface area contributed by atoms with Crippen molar-refractivity contribution in [3.63, 3.8) is 0 Å². The number of nitrogens with one attached hydrogen (secondary N) is 2. The molecule has 30 heavy (non-hydrogen) atoms.